The first-order chi connectivity index (χ1) is 9.24. The molecule has 1 aliphatic heterocycles. The highest BCUT2D eigenvalue weighted by molar-refractivity contribution is 5.87. The molecule has 1 unspecified atom stereocenters. The second-order valence-corrected chi connectivity index (χ2v) is 4.59. The molecule has 19 heavy (non-hydrogen) atoms. The zero-order valence-corrected chi connectivity index (χ0v) is 10.3. The van der Waals surface area contributed by atoms with Gasteiger partial charge in [-0.15, -0.1) is 0 Å². The van der Waals surface area contributed by atoms with Crippen LogP contribution in [0.25, 0.3) is 0 Å². The summed E-state index contributed by atoms with van der Waals surface area (Å²) in [5.41, 5.74) is 1.29. The highest BCUT2D eigenvalue weighted by Crippen LogP contribution is 2.30. The fourth-order valence-corrected chi connectivity index (χ4v) is 2.37. The lowest BCUT2D eigenvalue weighted by Crippen LogP contribution is -2.18. The fraction of sp³-hybridized carbons (Fsp3) is 0.286. The number of hydrogen-bond acceptors (Lipinski definition) is 3. The number of ether oxygens (including phenoxy) is 1. The number of carbonyl (C=O) groups is 1. The highest BCUT2D eigenvalue weighted by atomic mass is 16.5. The zero-order valence-electron chi connectivity index (χ0n) is 10.3. The Bertz CT molecular complexity index is 606. The van der Waals surface area contributed by atoms with Gasteiger partial charge in [0, 0.05) is 6.54 Å². The van der Waals surface area contributed by atoms with Crippen molar-refractivity contribution in [3.8, 4) is 5.75 Å². The van der Waals surface area contributed by atoms with E-state index < -0.39 is 5.97 Å². The minimum Gasteiger partial charge on any atom is -0.484 e. The Morgan fingerprint density at radius 3 is 3.21 bits per heavy atom. The van der Waals surface area contributed by atoms with Crippen molar-refractivity contribution in [2.75, 3.05) is 0 Å². The summed E-state index contributed by atoms with van der Waals surface area (Å²) < 4.78 is 7.99. The summed E-state index contributed by atoms with van der Waals surface area (Å²) in [5.74, 6) is -0.362. The molecule has 98 valence electrons. The van der Waals surface area contributed by atoms with E-state index in [1.807, 2.05) is 6.20 Å². The van der Waals surface area contributed by atoms with Crippen LogP contribution >= 0.6 is 0 Å². The van der Waals surface area contributed by atoms with Crippen LogP contribution in [0.2, 0.25) is 0 Å². The summed E-state index contributed by atoms with van der Waals surface area (Å²) in [6, 6.07) is 6.58. The molecule has 0 bridgehead atoms. The van der Waals surface area contributed by atoms with Crippen LogP contribution in [0, 0.1) is 0 Å². The minimum absolute atomic E-state index is 0.0553. The molecule has 0 saturated carbocycles. The molecule has 1 N–H and O–H groups in total. The second-order valence-electron chi connectivity index (χ2n) is 4.59. The Labute approximate surface area is 110 Å². The van der Waals surface area contributed by atoms with E-state index in [1.165, 1.54) is 0 Å². The summed E-state index contributed by atoms with van der Waals surface area (Å²) in [5, 5.41) is 8.97. The van der Waals surface area contributed by atoms with Gasteiger partial charge >= 0.3 is 5.97 Å². The molecule has 1 aliphatic rings. The summed E-state index contributed by atoms with van der Waals surface area (Å²) >= 11 is 0. The SMILES string of the molecule is O=C(O)c1cccc(OC2CCCn3cncc32)c1. The quantitative estimate of drug-likeness (QED) is 0.918. The largest absolute Gasteiger partial charge is 0.484 e. The first-order valence-corrected chi connectivity index (χ1v) is 6.24. The van der Waals surface area contributed by atoms with Gasteiger partial charge in [0.25, 0.3) is 0 Å². The normalized spacial score (nSPS) is 17.8. The summed E-state index contributed by atoms with van der Waals surface area (Å²) in [6.45, 7) is 0.963. The Kier molecular flexibility index (Phi) is 2.95. The van der Waals surface area contributed by atoms with Gasteiger partial charge in [-0.1, -0.05) is 6.07 Å². The summed E-state index contributed by atoms with van der Waals surface area (Å²) in [4.78, 5) is 15.1. The number of aryl methyl sites for hydroxylation is 1. The smallest absolute Gasteiger partial charge is 0.335 e. The van der Waals surface area contributed by atoms with Crippen LogP contribution in [0.3, 0.4) is 0 Å². The molecule has 1 atom stereocenters. The molecule has 0 amide bonds. The molecule has 5 nitrogen and oxygen atoms in total. The lowest BCUT2D eigenvalue weighted by atomic mass is 10.1. The monoisotopic (exact) mass is 258 g/mol. The molecule has 5 heteroatoms. The number of nitrogens with zero attached hydrogens (tertiary/aromatic N) is 2. The van der Waals surface area contributed by atoms with Crippen LogP contribution in [0.1, 0.15) is 35.0 Å². The van der Waals surface area contributed by atoms with Crippen LogP contribution in [-0.4, -0.2) is 20.6 Å². The molecule has 0 aliphatic carbocycles. The van der Waals surface area contributed by atoms with E-state index in [-0.39, 0.29) is 11.7 Å². The maximum Gasteiger partial charge on any atom is 0.335 e. The van der Waals surface area contributed by atoms with E-state index in [0.717, 1.165) is 25.1 Å². The van der Waals surface area contributed by atoms with Crippen LogP contribution in [0.4, 0.5) is 0 Å². The van der Waals surface area contributed by atoms with E-state index in [1.54, 1.807) is 30.6 Å². The summed E-state index contributed by atoms with van der Waals surface area (Å²) in [7, 11) is 0. The third kappa shape index (κ3) is 2.31. The average molecular weight is 258 g/mol. The molecular weight excluding hydrogens is 244 g/mol. The predicted molar refractivity (Wildman–Crippen MR) is 68.2 cm³/mol. The van der Waals surface area contributed by atoms with Crippen molar-refractivity contribution < 1.29 is 14.6 Å². The van der Waals surface area contributed by atoms with E-state index in [0.29, 0.717) is 5.75 Å². The van der Waals surface area contributed by atoms with Gasteiger partial charge in [0.05, 0.1) is 23.8 Å². The topological polar surface area (TPSA) is 64.3 Å². The van der Waals surface area contributed by atoms with Crippen molar-refractivity contribution in [2.24, 2.45) is 0 Å². The second kappa shape index (κ2) is 4.76. The van der Waals surface area contributed by atoms with Crippen molar-refractivity contribution in [1.29, 1.82) is 0 Å². The van der Waals surface area contributed by atoms with Gasteiger partial charge < -0.3 is 14.4 Å². The molecule has 2 aromatic rings. The van der Waals surface area contributed by atoms with Gasteiger partial charge in [-0.25, -0.2) is 9.78 Å². The number of imidazole rings is 1. The molecule has 3 rings (SSSR count). The molecule has 0 spiro atoms. The number of hydrogen-bond donors (Lipinski definition) is 1. The average Bonchev–Trinajstić information content (AvgIpc) is 2.88. The number of carboxylic acids is 1. The van der Waals surface area contributed by atoms with E-state index in [4.69, 9.17) is 9.84 Å². The number of aromatic carboxylic acids is 1. The van der Waals surface area contributed by atoms with Crippen molar-refractivity contribution in [3.63, 3.8) is 0 Å². The lowest BCUT2D eigenvalue weighted by molar-refractivity contribution is 0.0695. The Morgan fingerprint density at radius 2 is 2.37 bits per heavy atom. The first-order valence-electron chi connectivity index (χ1n) is 6.24. The lowest BCUT2D eigenvalue weighted by Gasteiger charge is -2.25. The highest BCUT2D eigenvalue weighted by Gasteiger charge is 2.22. The van der Waals surface area contributed by atoms with Crippen LogP contribution in [0.15, 0.2) is 36.8 Å². The van der Waals surface area contributed by atoms with Crippen LogP contribution < -0.4 is 4.74 Å². The van der Waals surface area contributed by atoms with Crippen LogP contribution in [0.5, 0.6) is 5.75 Å². The van der Waals surface area contributed by atoms with Crippen molar-refractivity contribution in [1.82, 2.24) is 9.55 Å². The van der Waals surface area contributed by atoms with Gasteiger partial charge in [-0.05, 0) is 31.0 Å². The first kappa shape index (κ1) is 11.8. The zero-order chi connectivity index (χ0) is 13.2. The predicted octanol–water partition coefficient (Wildman–Crippen LogP) is 2.50. The Hall–Kier alpha value is -2.30. The van der Waals surface area contributed by atoms with Crippen LogP contribution in [-0.2, 0) is 6.54 Å². The molecular formula is C14H14N2O3. The minimum atomic E-state index is -0.945. The van der Waals surface area contributed by atoms with Crippen molar-refractivity contribution >= 4 is 5.97 Å². The van der Waals surface area contributed by atoms with Gasteiger partial charge in [-0.2, -0.15) is 0 Å². The van der Waals surface area contributed by atoms with E-state index >= 15 is 0 Å². The number of fused-ring (bicyclic) bond motifs is 1. The molecule has 1 aromatic carbocycles. The van der Waals surface area contributed by atoms with Gasteiger partial charge in [-0.3, -0.25) is 0 Å². The maximum absolute atomic E-state index is 10.9. The number of carboxylic acid groups (broad SMARTS) is 1. The van der Waals surface area contributed by atoms with Gasteiger partial charge in [0.2, 0.25) is 0 Å². The number of benzene rings is 1. The van der Waals surface area contributed by atoms with Crippen molar-refractivity contribution in [2.45, 2.75) is 25.5 Å². The third-order valence-corrected chi connectivity index (χ3v) is 3.30. The molecule has 0 radical (unpaired) electrons. The van der Waals surface area contributed by atoms with Gasteiger partial charge in [0.15, 0.2) is 0 Å². The third-order valence-electron chi connectivity index (χ3n) is 3.30. The maximum atomic E-state index is 10.9. The van der Waals surface area contributed by atoms with E-state index in [9.17, 15) is 4.79 Å². The number of aromatic nitrogens is 2. The molecule has 1 aromatic heterocycles. The van der Waals surface area contributed by atoms with E-state index in [2.05, 4.69) is 9.55 Å². The van der Waals surface area contributed by atoms with Crippen molar-refractivity contribution in [3.05, 3.63) is 48.0 Å². The fourth-order valence-electron chi connectivity index (χ4n) is 2.37. The Balaban J connectivity index is 1.83. The molecule has 0 fully saturated rings. The summed E-state index contributed by atoms with van der Waals surface area (Å²) in [6.07, 6.45) is 5.51. The molecule has 2 heterocycles. The van der Waals surface area contributed by atoms with Gasteiger partial charge in [0.1, 0.15) is 11.9 Å². The number of rotatable bonds is 3. The molecule has 0 saturated heterocycles. The Morgan fingerprint density at radius 1 is 1.47 bits per heavy atom. The standard InChI is InChI=1S/C14H14N2O3/c17-14(18)10-3-1-4-11(7-10)19-13-5-2-6-16-9-15-8-12(13)16/h1,3-4,7-9,13H,2,5-6H2,(H,17,18).